The highest BCUT2D eigenvalue weighted by Gasteiger charge is 2.52. The Morgan fingerprint density at radius 1 is 1.38 bits per heavy atom. The number of halogens is 4. The lowest BCUT2D eigenvalue weighted by atomic mass is 9.93. The first kappa shape index (κ1) is 13.3. The predicted octanol–water partition coefficient (Wildman–Crippen LogP) is 2.53. The molecule has 1 aliphatic heterocycles. The van der Waals surface area contributed by atoms with Crippen molar-refractivity contribution in [3.05, 3.63) is 0 Å². The summed E-state index contributed by atoms with van der Waals surface area (Å²) in [5.74, 6) is -5.98. The topological polar surface area (TPSA) is 20.3 Å². The van der Waals surface area contributed by atoms with Crippen molar-refractivity contribution in [1.29, 1.82) is 0 Å². The Kier molecular flexibility index (Phi) is 3.80. The molecule has 1 rings (SSSR count). The fourth-order valence-corrected chi connectivity index (χ4v) is 1.99. The Hall–Kier alpha value is -0.810. The van der Waals surface area contributed by atoms with Gasteiger partial charge in [-0.1, -0.05) is 6.92 Å². The van der Waals surface area contributed by atoms with Crippen LogP contribution >= 0.6 is 0 Å². The molecule has 1 saturated heterocycles. The van der Waals surface area contributed by atoms with Crippen molar-refractivity contribution in [2.45, 2.75) is 45.1 Å². The van der Waals surface area contributed by atoms with Crippen molar-refractivity contribution < 1.29 is 22.4 Å². The van der Waals surface area contributed by atoms with Gasteiger partial charge in [0, 0.05) is 12.6 Å². The van der Waals surface area contributed by atoms with E-state index in [1.165, 1.54) is 0 Å². The standard InChI is InChI=1S/C10H15F4NO/c1-6-3-4-15(7(2)5-6)9(16)10(13,14)8(11)12/h6-8H,3-5H2,1-2H3. The summed E-state index contributed by atoms with van der Waals surface area (Å²) in [5.41, 5.74) is 0. The van der Waals surface area contributed by atoms with Gasteiger partial charge in [0.05, 0.1) is 0 Å². The fourth-order valence-electron chi connectivity index (χ4n) is 1.99. The van der Waals surface area contributed by atoms with Gasteiger partial charge in [0.25, 0.3) is 5.91 Å². The zero-order valence-corrected chi connectivity index (χ0v) is 9.22. The largest absolute Gasteiger partial charge is 0.383 e. The summed E-state index contributed by atoms with van der Waals surface area (Å²) in [7, 11) is 0. The number of hydrogen-bond acceptors (Lipinski definition) is 1. The van der Waals surface area contributed by atoms with Crippen LogP contribution in [-0.2, 0) is 4.79 Å². The number of piperidine rings is 1. The van der Waals surface area contributed by atoms with Crippen molar-refractivity contribution in [1.82, 2.24) is 4.90 Å². The molecule has 0 radical (unpaired) electrons. The average molecular weight is 241 g/mol. The van der Waals surface area contributed by atoms with E-state index in [-0.39, 0.29) is 6.54 Å². The molecule has 0 aliphatic carbocycles. The van der Waals surface area contributed by atoms with Crippen LogP contribution < -0.4 is 0 Å². The second kappa shape index (κ2) is 4.59. The van der Waals surface area contributed by atoms with Gasteiger partial charge in [0.1, 0.15) is 0 Å². The molecule has 0 spiro atoms. The molecule has 2 unspecified atom stereocenters. The van der Waals surface area contributed by atoms with E-state index in [9.17, 15) is 22.4 Å². The highest BCUT2D eigenvalue weighted by molar-refractivity contribution is 5.84. The molecule has 94 valence electrons. The van der Waals surface area contributed by atoms with Gasteiger partial charge in [-0.25, -0.2) is 8.78 Å². The highest BCUT2D eigenvalue weighted by Crippen LogP contribution is 2.30. The van der Waals surface area contributed by atoms with Crippen LogP contribution in [0, 0.1) is 5.92 Å². The van der Waals surface area contributed by atoms with Gasteiger partial charge in [-0.2, -0.15) is 8.78 Å². The number of carbonyl (C=O) groups is 1. The third-order valence-corrected chi connectivity index (χ3v) is 2.96. The van der Waals surface area contributed by atoms with Crippen LogP contribution in [0.2, 0.25) is 0 Å². The summed E-state index contributed by atoms with van der Waals surface area (Å²) in [4.78, 5) is 12.1. The number of amides is 1. The Morgan fingerprint density at radius 3 is 2.38 bits per heavy atom. The van der Waals surface area contributed by atoms with E-state index >= 15 is 0 Å². The van der Waals surface area contributed by atoms with Crippen LogP contribution in [-0.4, -0.2) is 35.7 Å². The lowest BCUT2D eigenvalue weighted by molar-refractivity contribution is -0.184. The molecule has 1 fully saturated rings. The summed E-state index contributed by atoms with van der Waals surface area (Å²) in [6, 6.07) is -0.402. The molecule has 16 heavy (non-hydrogen) atoms. The molecular formula is C10H15F4NO. The quantitative estimate of drug-likeness (QED) is 0.680. The second-order valence-corrected chi connectivity index (χ2v) is 4.40. The normalized spacial score (nSPS) is 27.3. The Balaban J connectivity index is 2.74. The van der Waals surface area contributed by atoms with Crippen molar-refractivity contribution in [2.24, 2.45) is 5.92 Å². The van der Waals surface area contributed by atoms with E-state index in [0.29, 0.717) is 18.8 Å². The molecule has 2 atom stereocenters. The minimum atomic E-state index is -4.56. The predicted molar refractivity (Wildman–Crippen MR) is 50.5 cm³/mol. The maximum Gasteiger partial charge on any atom is 0.383 e. The van der Waals surface area contributed by atoms with E-state index < -0.39 is 24.3 Å². The molecule has 0 aromatic carbocycles. The monoisotopic (exact) mass is 241 g/mol. The van der Waals surface area contributed by atoms with Gasteiger partial charge in [0.2, 0.25) is 0 Å². The number of carbonyl (C=O) groups excluding carboxylic acids is 1. The molecule has 6 heteroatoms. The van der Waals surface area contributed by atoms with Crippen LogP contribution in [0.1, 0.15) is 26.7 Å². The van der Waals surface area contributed by atoms with Crippen molar-refractivity contribution in [3.8, 4) is 0 Å². The van der Waals surface area contributed by atoms with Gasteiger partial charge < -0.3 is 4.90 Å². The molecule has 0 aromatic rings. The molecule has 2 nitrogen and oxygen atoms in total. The van der Waals surface area contributed by atoms with Gasteiger partial charge in [0.15, 0.2) is 0 Å². The molecular weight excluding hydrogens is 226 g/mol. The van der Waals surface area contributed by atoms with Crippen LogP contribution in [0.3, 0.4) is 0 Å². The van der Waals surface area contributed by atoms with E-state index in [4.69, 9.17) is 0 Å². The zero-order valence-electron chi connectivity index (χ0n) is 9.22. The Bertz CT molecular complexity index is 270. The Morgan fingerprint density at radius 2 is 1.94 bits per heavy atom. The molecule has 1 heterocycles. The van der Waals surface area contributed by atoms with Crippen molar-refractivity contribution in [2.75, 3.05) is 6.54 Å². The number of likely N-dealkylation sites (tertiary alicyclic amines) is 1. The van der Waals surface area contributed by atoms with Crippen molar-refractivity contribution in [3.63, 3.8) is 0 Å². The Labute approximate surface area is 91.6 Å². The summed E-state index contributed by atoms with van der Waals surface area (Å²) in [5, 5.41) is 0. The number of rotatable bonds is 2. The first-order valence-corrected chi connectivity index (χ1v) is 5.23. The smallest absolute Gasteiger partial charge is 0.335 e. The minimum absolute atomic E-state index is 0.128. The summed E-state index contributed by atoms with van der Waals surface area (Å²) in [6.07, 6.45) is -2.79. The molecule has 0 N–H and O–H groups in total. The maximum atomic E-state index is 12.9. The van der Waals surface area contributed by atoms with Gasteiger partial charge in [-0.15, -0.1) is 0 Å². The summed E-state index contributed by atoms with van der Waals surface area (Å²) >= 11 is 0. The zero-order chi connectivity index (χ0) is 12.5. The third-order valence-electron chi connectivity index (χ3n) is 2.96. The summed E-state index contributed by atoms with van der Waals surface area (Å²) in [6.45, 7) is 3.68. The molecule has 1 amide bonds. The highest BCUT2D eigenvalue weighted by atomic mass is 19.3. The first-order valence-electron chi connectivity index (χ1n) is 5.23. The lowest BCUT2D eigenvalue weighted by Gasteiger charge is -2.38. The van der Waals surface area contributed by atoms with Crippen LogP contribution in [0.25, 0.3) is 0 Å². The van der Waals surface area contributed by atoms with Crippen LogP contribution in [0.15, 0.2) is 0 Å². The van der Waals surface area contributed by atoms with Crippen molar-refractivity contribution >= 4 is 5.91 Å². The van der Waals surface area contributed by atoms with Crippen LogP contribution in [0.5, 0.6) is 0 Å². The van der Waals surface area contributed by atoms with E-state index in [2.05, 4.69) is 0 Å². The van der Waals surface area contributed by atoms with Gasteiger partial charge >= 0.3 is 12.3 Å². The number of hydrogen-bond donors (Lipinski definition) is 0. The lowest BCUT2D eigenvalue weighted by Crippen LogP contribution is -2.53. The second-order valence-electron chi connectivity index (χ2n) is 4.40. The molecule has 0 aromatic heterocycles. The average Bonchev–Trinajstić information content (AvgIpc) is 2.16. The van der Waals surface area contributed by atoms with Crippen LogP contribution in [0.4, 0.5) is 17.6 Å². The molecule has 0 saturated carbocycles. The first-order chi connectivity index (χ1) is 7.26. The maximum absolute atomic E-state index is 12.9. The number of nitrogens with zero attached hydrogens (tertiary/aromatic N) is 1. The summed E-state index contributed by atoms with van der Waals surface area (Å²) < 4.78 is 49.8. The minimum Gasteiger partial charge on any atom is -0.335 e. The third kappa shape index (κ3) is 2.47. The van der Waals surface area contributed by atoms with Gasteiger partial charge in [-0.05, 0) is 25.7 Å². The molecule has 0 bridgehead atoms. The van der Waals surface area contributed by atoms with E-state index in [0.717, 1.165) is 4.90 Å². The molecule has 1 aliphatic rings. The fraction of sp³-hybridized carbons (Fsp3) is 0.900. The SMILES string of the molecule is CC1CCN(C(=O)C(F)(F)C(F)F)C(C)C1. The number of alkyl halides is 4. The van der Waals surface area contributed by atoms with Gasteiger partial charge in [-0.3, -0.25) is 4.79 Å². The van der Waals surface area contributed by atoms with E-state index in [1.807, 2.05) is 6.92 Å². The van der Waals surface area contributed by atoms with E-state index in [1.54, 1.807) is 6.92 Å².